The van der Waals surface area contributed by atoms with E-state index in [9.17, 15) is 20.2 Å². The van der Waals surface area contributed by atoms with Crippen LogP contribution in [0, 0.1) is 23.8 Å². The topological polar surface area (TPSA) is 127 Å². The summed E-state index contributed by atoms with van der Waals surface area (Å²) in [7, 11) is -1.40. The van der Waals surface area contributed by atoms with Gasteiger partial charge in [0.1, 0.15) is 0 Å². The van der Waals surface area contributed by atoms with Crippen molar-refractivity contribution in [1.82, 2.24) is 0 Å². The van der Waals surface area contributed by atoms with Gasteiger partial charge in [-0.15, -0.1) is 0 Å². The number of benzene rings is 6. The van der Waals surface area contributed by atoms with Crippen LogP contribution >= 0.6 is 54.5 Å². The molecule has 0 aliphatic heterocycles. The van der Waals surface area contributed by atoms with Crippen LogP contribution in [-0.4, -0.2) is 27.0 Å². The fourth-order valence-corrected chi connectivity index (χ4v) is 5.68. The molecular formula is C32H22BBr2IN2O6. The Bertz CT molecular complexity index is 1970. The third-order valence-electron chi connectivity index (χ3n) is 6.44. The van der Waals surface area contributed by atoms with E-state index in [1.807, 2.05) is 108 Å². The summed E-state index contributed by atoms with van der Waals surface area (Å²) in [5.74, 6) is 0. The number of hydrogen-bond acceptors (Lipinski definition) is 6. The van der Waals surface area contributed by atoms with Crippen molar-refractivity contribution in [2.75, 3.05) is 0 Å². The molecule has 0 amide bonds. The lowest BCUT2D eigenvalue weighted by Gasteiger charge is -2.08. The summed E-state index contributed by atoms with van der Waals surface area (Å²) in [4.78, 5) is 20.9. The average Bonchev–Trinajstić information content (AvgIpc) is 3.02. The van der Waals surface area contributed by atoms with Crippen LogP contribution in [0.3, 0.4) is 0 Å². The summed E-state index contributed by atoms with van der Waals surface area (Å²) in [5, 5.41) is 43.8. The molecule has 0 fully saturated rings. The summed E-state index contributed by atoms with van der Waals surface area (Å²) in [6.07, 6.45) is 0. The fraction of sp³-hybridized carbons (Fsp3) is 0. The van der Waals surface area contributed by atoms with E-state index in [1.54, 1.807) is 24.3 Å². The van der Waals surface area contributed by atoms with Gasteiger partial charge >= 0.3 is 7.12 Å². The molecule has 0 saturated carbocycles. The second kappa shape index (κ2) is 15.4. The van der Waals surface area contributed by atoms with Gasteiger partial charge in [0, 0.05) is 21.1 Å². The molecule has 0 aromatic heterocycles. The maximum absolute atomic E-state index is 11.3. The zero-order chi connectivity index (χ0) is 31.8. The SMILES string of the molecule is O=[N+]([O-])c1cc(Br)ccc1-c1cccc2ccccc12.O=[N+]([O-])c1cc(Br)ccc1I.OB(O)c1cccc2ccccc12. The second-order valence-corrected chi connectivity index (χ2v) is 12.2. The number of rotatable bonds is 4. The molecule has 220 valence electrons. The Morgan fingerprint density at radius 1 is 0.591 bits per heavy atom. The summed E-state index contributed by atoms with van der Waals surface area (Å²) in [6, 6.07) is 36.9. The van der Waals surface area contributed by atoms with Gasteiger partial charge in [-0.1, -0.05) is 117 Å². The highest BCUT2D eigenvalue weighted by Gasteiger charge is 2.17. The molecule has 12 heteroatoms. The third-order valence-corrected chi connectivity index (χ3v) is 8.34. The molecule has 44 heavy (non-hydrogen) atoms. The van der Waals surface area contributed by atoms with Crippen LogP contribution in [0.5, 0.6) is 0 Å². The zero-order valence-corrected chi connectivity index (χ0v) is 28.0. The van der Waals surface area contributed by atoms with E-state index in [1.165, 1.54) is 12.1 Å². The van der Waals surface area contributed by atoms with Gasteiger partial charge in [0.15, 0.2) is 0 Å². The Kier molecular flexibility index (Phi) is 11.6. The first-order chi connectivity index (χ1) is 21.1. The number of fused-ring (bicyclic) bond motifs is 2. The minimum atomic E-state index is -1.40. The number of nitro groups is 2. The lowest BCUT2D eigenvalue weighted by Crippen LogP contribution is -2.30. The molecule has 0 saturated heterocycles. The molecule has 6 rings (SSSR count). The Hall–Kier alpha value is -3.69. The standard InChI is InChI=1S/C16H10BrNO2.C10H9BO2.C6H3BrINO2/c17-12-8-9-15(16(10-12)18(19)20)14-7-3-5-11-4-1-2-6-13(11)14;12-11(13)10-7-3-5-8-4-1-2-6-9(8)10;7-4-1-2-5(8)6(3-4)9(10)11/h1-10H;1-7,12-13H;1-3H. The highest BCUT2D eigenvalue weighted by atomic mass is 127. The van der Waals surface area contributed by atoms with Crippen molar-refractivity contribution >= 4 is 100.0 Å². The van der Waals surface area contributed by atoms with Gasteiger partial charge in [0.05, 0.1) is 19.0 Å². The molecule has 6 aromatic carbocycles. The molecular weight excluding hydrogens is 806 g/mol. The average molecular weight is 828 g/mol. The van der Waals surface area contributed by atoms with Crippen molar-refractivity contribution in [2.24, 2.45) is 0 Å². The Labute approximate surface area is 283 Å². The van der Waals surface area contributed by atoms with Crippen LogP contribution in [0.15, 0.2) is 130 Å². The smallest absolute Gasteiger partial charge is 0.423 e. The van der Waals surface area contributed by atoms with Gasteiger partial charge in [0.25, 0.3) is 11.4 Å². The molecule has 0 aliphatic carbocycles. The predicted octanol–water partition coefficient (Wildman–Crippen LogP) is 8.66. The van der Waals surface area contributed by atoms with E-state index in [0.717, 1.165) is 31.6 Å². The van der Waals surface area contributed by atoms with E-state index in [2.05, 4.69) is 31.9 Å². The number of nitro benzene ring substituents is 2. The molecule has 8 nitrogen and oxygen atoms in total. The number of nitrogens with zero attached hydrogens (tertiary/aromatic N) is 2. The largest absolute Gasteiger partial charge is 0.489 e. The minimum absolute atomic E-state index is 0.107. The number of halogens is 3. The summed E-state index contributed by atoms with van der Waals surface area (Å²) < 4.78 is 2.08. The van der Waals surface area contributed by atoms with Crippen molar-refractivity contribution < 1.29 is 19.9 Å². The normalized spacial score (nSPS) is 10.3. The fourth-order valence-electron chi connectivity index (χ4n) is 4.45. The summed E-state index contributed by atoms with van der Waals surface area (Å²) in [6.45, 7) is 0. The molecule has 0 heterocycles. The van der Waals surface area contributed by atoms with E-state index < -0.39 is 12.0 Å². The summed E-state index contributed by atoms with van der Waals surface area (Å²) >= 11 is 8.37. The predicted molar refractivity (Wildman–Crippen MR) is 191 cm³/mol. The van der Waals surface area contributed by atoms with Crippen LogP contribution in [0.2, 0.25) is 0 Å². The Balaban J connectivity index is 0.000000160. The monoisotopic (exact) mass is 826 g/mol. The van der Waals surface area contributed by atoms with Crippen LogP contribution < -0.4 is 5.46 Å². The highest BCUT2D eigenvalue weighted by molar-refractivity contribution is 14.1. The molecule has 0 bridgehead atoms. The van der Waals surface area contributed by atoms with Crippen molar-refractivity contribution in [1.29, 1.82) is 0 Å². The molecule has 0 radical (unpaired) electrons. The van der Waals surface area contributed by atoms with Crippen LogP contribution in [0.4, 0.5) is 11.4 Å². The highest BCUT2D eigenvalue weighted by Crippen LogP contribution is 2.36. The third kappa shape index (κ3) is 8.27. The van der Waals surface area contributed by atoms with E-state index in [0.29, 0.717) is 19.1 Å². The van der Waals surface area contributed by atoms with Crippen LogP contribution in [0.1, 0.15) is 0 Å². The first-order valence-corrected chi connectivity index (χ1v) is 15.6. The molecule has 0 atom stereocenters. The van der Waals surface area contributed by atoms with E-state index in [-0.39, 0.29) is 16.3 Å². The van der Waals surface area contributed by atoms with Crippen molar-refractivity contribution in [3.05, 3.63) is 154 Å². The maximum Gasteiger partial charge on any atom is 0.489 e. The van der Waals surface area contributed by atoms with Crippen LogP contribution in [-0.2, 0) is 0 Å². The second-order valence-electron chi connectivity index (χ2n) is 9.24. The minimum Gasteiger partial charge on any atom is -0.423 e. The molecule has 0 aliphatic rings. The van der Waals surface area contributed by atoms with Gasteiger partial charge in [-0.2, -0.15) is 0 Å². The molecule has 0 spiro atoms. The van der Waals surface area contributed by atoms with Crippen molar-refractivity contribution in [3.63, 3.8) is 0 Å². The molecule has 6 aromatic rings. The first-order valence-electron chi connectivity index (χ1n) is 12.9. The van der Waals surface area contributed by atoms with Gasteiger partial charge < -0.3 is 10.0 Å². The van der Waals surface area contributed by atoms with Crippen molar-refractivity contribution in [2.45, 2.75) is 0 Å². The maximum atomic E-state index is 11.3. The van der Waals surface area contributed by atoms with Crippen molar-refractivity contribution in [3.8, 4) is 11.1 Å². The first kappa shape index (κ1) is 33.2. The van der Waals surface area contributed by atoms with Crippen LogP contribution in [0.25, 0.3) is 32.7 Å². The zero-order valence-electron chi connectivity index (χ0n) is 22.7. The molecule has 0 unspecified atom stereocenters. The Morgan fingerprint density at radius 2 is 1.09 bits per heavy atom. The van der Waals surface area contributed by atoms with Gasteiger partial charge in [-0.25, -0.2) is 0 Å². The lowest BCUT2D eigenvalue weighted by molar-refractivity contribution is -0.385. The quantitative estimate of drug-likeness (QED) is 0.0793. The van der Waals surface area contributed by atoms with E-state index in [4.69, 9.17) is 10.0 Å². The van der Waals surface area contributed by atoms with E-state index >= 15 is 0 Å². The Morgan fingerprint density at radius 3 is 1.68 bits per heavy atom. The number of hydrogen-bond donors (Lipinski definition) is 2. The summed E-state index contributed by atoms with van der Waals surface area (Å²) in [5.41, 5.74) is 2.31. The van der Waals surface area contributed by atoms with Gasteiger partial charge in [0.2, 0.25) is 0 Å². The van der Waals surface area contributed by atoms with Gasteiger partial charge in [-0.3, -0.25) is 20.2 Å². The molecule has 2 N–H and O–H groups in total. The lowest BCUT2D eigenvalue weighted by atomic mass is 9.77. The van der Waals surface area contributed by atoms with Gasteiger partial charge in [-0.05, 0) is 79.4 Å².